The van der Waals surface area contributed by atoms with Gasteiger partial charge in [-0.15, -0.1) is 0 Å². The number of hydrogen-bond donors (Lipinski definition) is 1. The first-order chi connectivity index (χ1) is 9.95. The Morgan fingerprint density at radius 2 is 1.95 bits per heavy atom. The van der Waals surface area contributed by atoms with Crippen LogP contribution in [0.25, 0.3) is 0 Å². The van der Waals surface area contributed by atoms with Gasteiger partial charge in [-0.25, -0.2) is 4.39 Å². The smallest absolute Gasteiger partial charge is 0.123 e. The number of benzene rings is 2. The van der Waals surface area contributed by atoms with E-state index in [9.17, 15) is 4.39 Å². The molecule has 4 heteroatoms. The van der Waals surface area contributed by atoms with E-state index in [-0.39, 0.29) is 11.9 Å². The predicted octanol–water partition coefficient (Wildman–Crippen LogP) is 4.59. The van der Waals surface area contributed by atoms with Gasteiger partial charge in [0, 0.05) is 25.2 Å². The van der Waals surface area contributed by atoms with Gasteiger partial charge in [-0.05, 0) is 49.2 Å². The number of rotatable bonds is 5. The van der Waals surface area contributed by atoms with Crippen LogP contribution in [0.3, 0.4) is 0 Å². The second-order valence-electron chi connectivity index (χ2n) is 5.44. The van der Waals surface area contributed by atoms with Crippen molar-refractivity contribution in [2.45, 2.75) is 19.4 Å². The molecule has 2 rings (SSSR count). The van der Waals surface area contributed by atoms with Crippen LogP contribution in [0.5, 0.6) is 0 Å². The third kappa shape index (κ3) is 4.36. The van der Waals surface area contributed by atoms with Crippen molar-refractivity contribution in [3.63, 3.8) is 0 Å². The first kappa shape index (κ1) is 15.6. The molecule has 2 aromatic rings. The van der Waals surface area contributed by atoms with E-state index in [0.29, 0.717) is 5.02 Å². The molecule has 0 amide bonds. The van der Waals surface area contributed by atoms with Gasteiger partial charge in [-0.1, -0.05) is 23.7 Å². The molecule has 0 saturated carbocycles. The van der Waals surface area contributed by atoms with Gasteiger partial charge in [0.15, 0.2) is 0 Å². The third-order valence-corrected chi connectivity index (χ3v) is 3.51. The Morgan fingerprint density at radius 1 is 1.19 bits per heavy atom. The Hall–Kier alpha value is -1.74. The molecule has 0 aliphatic rings. The molecule has 2 aromatic carbocycles. The lowest BCUT2D eigenvalue weighted by atomic mass is 10.1. The number of halogens is 2. The minimum Gasteiger partial charge on any atom is -0.381 e. The Labute approximate surface area is 130 Å². The van der Waals surface area contributed by atoms with Crippen LogP contribution in [-0.2, 0) is 6.42 Å². The molecular weight excluding hydrogens is 287 g/mol. The topological polar surface area (TPSA) is 15.3 Å². The highest BCUT2D eigenvalue weighted by Crippen LogP contribution is 2.28. The van der Waals surface area contributed by atoms with Gasteiger partial charge in [0.2, 0.25) is 0 Å². The monoisotopic (exact) mass is 306 g/mol. The lowest BCUT2D eigenvalue weighted by Crippen LogP contribution is -2.20. The van der Waals surface area contributed by atoms with E-state index in [2.05, 4.69) is 12.2 Å². The minimum atomic E-state index is -0.198. The largest absolute Gasteiger partial charge is 0.381 e. The summed E-state index contributed by atoms with van der Waals surface area (Å²) in [6, 6.07) is 12.7. The molecule has 0 radical (unpaired) electrons. The van der Waals surface area contributed by atoms with Crippen LogP contribution < -0.4 is 10.2 Å². The van der Waals surface area contributed by atoms with Crippen LogP contribution in [0.1, 0.15) is 12.5 Å². The molecule has 1 unspecified atom stereocenters. The van der Waals surface area contributed by atoms with Gasteiger partial charge < -0.3 is 10.2 Å². The summed E-state index contributed by atoms with van der Waals surface area (Å²) in [5.74, 6) is -0.198. The Balaban J connectivity index is 2.12. The number of anilines is 2. The van der Waals surface area contributed by atoms with Crippen LogP contribution >= 0.6 is 11.6 Å². The average molecular weight is 307 g/mol. The summed E-state index contributed by atoms with van der Waals surface area (Å²) >= 11 is 6.08. The van der Waals surface area contributed by atoms with Gasteiger partial charge in [0.1, 0.15) is 5.82 Å². The molecule has 0 fully saturated rings. The molecule has 1 N–H and O–H groups in total. The van der Waals surface area contributed by atoms with Gasteiger partial charge in [-0.3, -0.25) is 0 Å². The van der Waals surface area contributed by atoms with Crippen molar-refractivity contribution in [1.82, 2.24) is 0 Å². The maximum atomic E-state index is 13.2. The van der Waals surface area contributed by atoms with Crippen molar-refractivity contribution >= 4 is 23.0 Å². The molecule has 2 nitrogen and oxygen atoms in total. The zero-order valence-corrected chi connectivity index (χ0v) is 13.3. The number of nitrogens with one attached hydrogen (secondary N) is 1. The van der Waals surface area contributed by atoms with Crippen molar-refractivity contribution in [1.29, 1.82) is 0 Å². The maximum Gasteiger partial charge on any atom is 0.123 e. The predicted molar refractivity (Wildman–Crippen MR) is 89.0 cm³/mol. The Kier molecular flexibility index (Phi) is 5.07. The highest BCUT2D eigenvalue weighted by molar-refractivity contribution is 6.31. The van der Waals surface area contributed by atoms with Gasteiger partial charge in [-0.2, -0.15) is 0 Å². The summed E-state index contributed by atoms with van der Waals surface area (Å²) in [5, 5.41) is 4.15. The van der Waals surface area contributed by atoms with E-state index in [0.717, 1.165) is 23.4 Å². The van der Waals surface area contributed by atoms with Gasteiger partial charge >= 0.3 is 0 Å². The molecular formula is C17H20ClFN2. The second-order valence-corrected chi connectivity index (χ2v) is 5.87. The SMILES string of the molecule is CC(Cc1cccc(F)c1)Nc1cc(Cl)ccc1N(C)C. The lowest BCUT2D eigenvalue weighted by Gasteiger charge is -2.22. The minimum absolute atomic E-state index is 0.170. The standard InChI is InChI=1S/C17H20ClFN2/c1-12(9-13-5-4-6-15(19)10-13)20-16-11-14(18)7-8-17(16)21(2)3/h4-8,10-12,20H,9H2,1-3H3. The van der Waals surface area contributed by atoms with Crippen molar-refractivity contribution in [3.05, 3.63) is 58.9 Å². The Morgan fingerprint density at radius 3 is 2.62 bits per heavy atom. The van der Waals surface area contributed by atoms with Crippen LogP contribution in [0.4, 0.5) is 15.8 Å². The zero-order valence-electron chi connectivity index (χ0n) is 12.5. The summed E-state index contributed by atoms with van der Waals surface area (Å²) in [7, 11) is 3.98. The number of nitrogens with zero attached hydrogens (tertiary/aromatic N) is 1. The number of hydrogen-bond acceptors (Lipinski definition) is 2. The lowest BCUT2D eigenvalue weighted by molar-refractivity contribution is 0.624. The van der Waals surface area contributed by atoms with Crippen molar-refractivity contribution in [3.8, 4) is 0 Å². The average Bonchev–Trinajstić information content (AvgIpc) is 2.38. The van der Waals surface area contributed by atoms with Crippen LogP contribution in [0.15, 0.2) is 42.5 Å². The highest BCUT2D eigenvalue weighted by Gasteiger charge is 2.10. The molecule has 112 valence electrons. The molecule has 0 bridgehead atoms. The quantitative estimate of drug-likeness (QED) is 0.869. The molecule has 0 heterocycles. The fourth-order valence-corrected chi connectivity index (χ4v) is 2.52. The van der Waals surface area contributed by atoms with E-state index >= 15 is 0 Å². The Bertz CT molecular complexity index is 613. The molecule has 0 saturated heterocycles. The van der Waals surface area contributed by atoms with Crippen LogP contribution in [0, 0.1) is 5.82 Å². The normalized spacial score (nSPS) is 12.0. The van der Waals surface area contributed by atoms with E-state index in [1.807, 2.05) is 43.3 Å². The summed E-state index contributed by atoms with van der Waals surface area (Å²) in [6.45, 7) is 2.07. The van der Waals surface area contributed by atoms with E-state index in [4.69, 9.17) is 11.6 Å². The fraction of sp³-hybridized carbons (Fsp3) is 0.294. The van der Waals surface area contributed by atoms with E-state index in [1.54, 1.807) is 12.1 Å². The molecule has 0 aliphatic heterocycles. The molecule has 1 atom stereocenters. The van der Waals surface area contributed by atoms with Crippen LogP contribution in [-0.4, -0.2) is 20.1 Å². The van der Waals surface area contributed by atoms with E-state index < -0.39 is 0 Å². The first-order valence-corrected chi connectivity index (χ1v) is 7.31. The molecule has 0 aromatic heterocycles. The fourth-order valence-electron chi connectivity index (χ4n) is 2.35. The van der Waals surface area contributed by atoms with Crippen molar-refractivity contribution in [2.75, 3.05) is 24.3 Å². The van der Waals surface area contributed by atoms with Crippen molar-refractivity contribution < 1.29 is 4.39 Å². The van der Waals surface area contributed by atoms with Crippen LogP contribution in [0.2, 0.25) is 5.02 Å². The maximum absolute atomic E-state index is 13.2. The van der Waals surface area contributed by atoms with Gasteiger partial charge in [0.25, 0.3) is 0 Å². The zero-order chi connectivity index (χ0) is 15.4. The highest BCUT2D eigenvalue weighted by atomic mass is 35.5. The summed E-state index contributed by atoms with van der Waals surface area (Å²) in [4.78, 5) is 2.04. The summed E-state index contributed by atoms with van der Waals surface area (Å²) < 4.78 is 13.2. The molecule has 0 spiro atoms. The molecule has 21 heavy (non-hydrogen) atoms. The van der Waals surface area contributed by atoms with Crippen molar-refractivity contribution in [2.24, 2.45) is 0 Å². The first-order valence-electron chi connectivity index (χ1n) is 6.93. The van der Waals surface area contributed by atoms with E-state index in [1.165, 1.54) is 6.07 Å². The second kappa shape index (κ2) is 6.81. The summed E-state index contributed by atoms with van der Waals surface area (Å²) in [5.41, 5.74) is 3.03. The molecule has 0 aliphatic carbocycles. The van der Waals surface area contributed by atoms with Gasteiger partial charge in [0.05, 0.1) is 11.4 Å². The summed E-state index contributed by atoms with van der Waals surface area (Å²) in [6.07, 6.45) is 0.747. The third-order valence-electron chi connectivity index (χ3n) is 3.27.